The Hall–Kier alpha value is -1.82. The minimum absolute atomic E-state index is 0.0426. The lowest BCUT2D eigenvalue weighted by atomic mass is 9.75. The molecule has 0 bridgehead atoms. The van der Waals surface area contributed by atoms with Crippen LogP contribution in [0.5, 0.6) is 0 Å². The molecule has 1 aromatic heterocycles. The molecule has 2 heterocycles. The summed E-state index contributed by atoms with van der Waals surface area (Å²) in [6, 6.07) is 0.243. The molecule has 2 aliphatic rings. The van der Waals surface area contributed by atoms with Crippen molar-refractivity contribution in [3.8, 4) is 0 Å². The quantitative estimate of drug-likeness (QED) is 0.660. The van der Waals surface area contributed by atoms with Gasteiger partial charge in [-0.25, -0.2) is 0 Å². The normalized spacial score (nSPS) is 22.8. The van der Waals surface area contributed by atoms with Crippen molar-refractivity contribution in [3.63, 3.8) is 0 Å². The van der Waals surface area contributed by atoms with Crippen LogP contribution in [0.1, 0.15) is 60.6 Å². The summed E-state index contributed by atoms with van der Waals surface area (Å²) < 4.78 is 6.01. The van der Waals surface area contributed by atoms with Crippen molar-refractivity contribution < 1.29 is 14.4 Å². The summed E-state index contributed by atoms with van der Waals surface area (Å²) in [5.74, 6) is 1.09. The van der Waals surface area contributed by atoms with Gasteiger partial charge in [0.15, 0.2) is 5.76 Å². The van der Waals surface area contributed by atoms with Gasteiger partial charge >= 0.3 is 0 Å². The molecule has 1 amide bonds. The summed E-state index contributed by atoms with van der Waals surface area (Å²) in [6.45, 7) is 8.13. The first kappa shape index (κ1) is 18.0. The lowest BCUT2D eigenvalue weighted by Gasteiger charge is -2.34. The number of oxime groups is 1. The molecule has 1 aliphatic carbocycles. The second kappa shape index (κ2) is 6.48. The van der Waals surface area contributed by atoms with E-state index in [1.165, 1.54) is 0 Å². The van der Waals surface area contributed by atoms with E-state index in [1.54, 1.807) is 0 Å². The molecule has 138 valence electrons. The smallest absolute Gasteiger partial charge is 0.289 e. The lowest BCUT2D eigenvalue weighted by molar-refractivity contribution is 0.0624. The Balaban J connectivity index is 1.89. The van der Waals surface area contributed by atoms with Crippen molar-refractivity contribution in [1.29, 1.82) is 0 Å². The molecule has 0 atom stereocenters. The molecule has 6 nitrogen and oxygen atoms in total. The first-order valence-corrected chi connectivity index (χ1v) is 9.03. The highest BCUT2D eigenvalue weighted by Crippen LogP contribution is 2.39. The Bertz CT molecular complexity index is 697. The number of hydrogen-bond donors (Lipinski definition) is 1. The highest BCUT2D eigenvalue weighted by Gasteiger charge is 2.37. The van der Waals surface area contributed by atoms with Crippen molar-refractivity contribution in [1.82, 2.24) is 9.80 Å². The van der Waals surface area contributed by atoms with E-state index in [2.05, 4.69) is 31.0 Å². The molecule has 1 saturated heterocycles. The zero-order valence-corrected chi connectivity index (χ0v) is 15.9. The lowest BCUT2D eigenvalue weighted by Crippen LogP contribution is -2.44. The van der Waals surface area contributed by atoms with Crippen LogP contribution in [-0.2, 0) is 6.42 Å². The van der Waals surface area contributed by atoms with Gasteiger partial charge in [-0.3, -0.25) is 4.79 Å². The van der Waals surface area contributed by atoms with Crippen LogP contribution in [0.4, 0.5) is 0 Å². The number of carbonyl (C=O) groups excluding carboxylic acids is 1. The summed E-state index contributed by atoms with van der Waals surface area (Å²) >= 11 is 0. The van der Waals surface area contributed by atoms with Crippen molar-refractivity contribution >= 4 is 11.6 Å². The number of nitrogens with zero attached hydrogens (tertiary/aromatic N) is 3. The summed E-state index contributed by atoms with van der Waals surface area (Å²) in [7, 11) is 3.98. The SMILES string of the molecule is Cc1c(C(=O)N(C)C2CCN(C)CC2)oc2c1C(=NO)CC(C)(C)C2. The number of rotatable bonds is 2. The molecule has 0 unspecified atom stereocenters. The number of amides is 1. The van der Waals surface area contributed by atoms with Crippen LogP contribution in [0.3, 0.4) is 0 Å². The Labute approximate surface area is 149 Å². The van der Waals surface area contributed by atoms with E-state index in [0.717, 1.165) is 49.2 Å². The molecule has 3 rings (SSSR count). The van der Waals surface area contributed by atoms with Crippen LogP contribution in [0.25, 0.3) is 0 Å². The standard InChI is InChI=1S/C19H29N3O3/c1-12-16-14(20-24)10-19(2,3)11-15(16)25-17(12)18(23)22(5)13-6-8-21(4)9-7-13/h13,24H,6-11H2,1-5H3. The molecule has 1 aromatic rings. The Morgan fingerprint density at radius 3 is 2.56 bits per heavy atom. The van der Waals surface area contributed by atoms with Crippen LogP contribution >= 0.6 is 0 Å². The fraction of sp³-hybridized carbons (Fsp3) is 0.684. The average Bonchev–Trinajstić information content (AvgIpc) is 2.88. The molecule has 25 heavy (non-hydrogen) atoms. The fourth-order valence-corrected chi connectivity index (χ4v) is 4.11. The van der Waals surface area contributed by atoms with Gasteiger partial charge in [-0.1, -0.05) is 19.0 Å². The summed E-state index contributed by atoms with van der Waals surface area (Å²) in [4.78, 5) is 17.2. The van der Waals surface area contributed by atoms with Gasteiger partial charge in [-0.15, -0.1) is 0 Å². The minimum Gasteiger partial charge on any atom is -0.455 e. The van der Waals surface area contributed by atoms with Gasteiger partial charge in [0.05, 0.1) is 5.71 Å². The zero-order valence-electron chi connectivity index (χ0n) is 15.9. The third-order valence-electron chi connectivity index (χ3n) is 5.66. The van der Waals surface area contributed by atoms with E-state index < -0.39 is 0 Å². The maximum absolute atomic E-state index is 13.0. The molecule has 1 N–H and O–H groups in total. The molecule has 1 aliphatic heterocycles. The van der Waals surface area contributed by atoms with Crippen LogP contribution in [0.2, 0.25) is 0 Å². The van der Waals surface area contributed by atoms with Gasteiger partial charge in [0.1, 0.15) is 5.76 Å². The Morgan fingerprint density at radius 2 is 1.96 bits per heavy atom. The predicted octanol–water partition coefficient (Wildman–Crippen LogP) is 2.90. The van der Waals surface area contributed by atoms with Gasteiger partial charge in [-0.2, -0.15) is 0 Å². The van der Waals surface area contributed by atoms with Crippen molar-refractivity contribution in [3.05, 3.63) is 22.6 Å². The molecule has 0 radical (unpaired) electrons. The molecule has 6 heteroatoms. The minimum atomic E-state index is -0.0726. The van der Waals surface area contributed by atoms with Crippen LogP contribution < -0.4 is 0 Å². The number of piperidine rings is 1. The third-order valence-corrected chi connectivity index (χ3v) is 5.66. The number of hydrogen-bond acceptors (Lipinski definition) is 5. The van der Waals surface area contributed by atoms with Crippen LogP contribution in [0, 0.1) is 12.3 Å². The number of carbonyl (C=O) groups is 1. The molecule has 0 spiro atoms. The number of furan rings is 1. The molecular formula is C19H29N3O3. The van der Waals surface area contributed by atoms with E-state index in [0.29, 0.717) is 17.9 Å². The monoisotopic (exact) mass is 347 g/mol. The van der Waals surface area contributed by atoms with Crippen molar-refractivity contribution in [2.24, 2.45) is 10.6 Å². The van der Waals surface area contributed by atoms with E-state index in [1.807, 2.05) is 18.9 Å². The maximum Gasteiger partial charge on any atom is 0.289 e. The topological polar surface area (TPSA) is 69.3 Å². The second-order valence-electron chi connectivity index (χ2n) is 8.37. The molecule has 0 aromatic carbocycles. The molecular weight excluding hydrogens is 318 g/mol. The molecule has 0 saturated carbocycles. The largest absolute Gasteiger partial charge is 0.455 e. The van der Waals surface area contributed by atoms with Gasteiger partial charge in [0.25, 0.3) is 5.91 Å². The van der Waals surface area contributed by atoms with Gasteiger partial charge < -0.3 is 19.4 Å². The zero-order chi connectivity index (χ0) is 18.4. The fourth-order valence-electron chi connectivity index (χ4n) is 4.11. The summed E-state index contributed by atoms with van der Waals surface area (Å²) in [5.41, 5.74) is 2.19. The van der Waals surface area contributed by atoms with E-state index in [-0.39, 0.29) is 17.4 Å². The van der Waals surface area contributed by atoms with Crippen LogP contribution in [-0.4, -0.2) is 59.9 Å². The summed E-state index contributed by atoms with van der Waals surface area (Å²) in [5, 5.41) is 12.9. The third kappa shape index (κ3) is 3.32. The van der Waals surface area contributed by atoms with Gasteiger partial charge in [0.2, 0.25) is 0 Å². The van der Waals surface area contributed by atoms with E-state index >= 15 is 0 Å². The highest BCUT2D eigenvalue weighted by atomic mass is 16.4. The highest BCUT2D eigenvalue weighted by molar-refractivity contribution is 6.06. The van der Waals surface area contributed by atoms with Gasteiger partial charge in [0, 0.05) is 30.6 Å². The van der Waals surface area contributed by atoms with E-state index in [4.69, 9.17) is 4.42 Å². The maximum atomic E-state index is 13.0. The Morgan fingerprint density at radius 1 is 1.32 bits per heavy atom. The molecule has 1 fully saturated rings. The van der Waals surface area contributed by atoms with Crippen LogP contribution in [0.15, 0.2) is 9.57 Å². The van der Waals surface area contributed by atoms with Crippen molar-refractivity contribution in [2.45, 2.75) is 52.5 Å². The number of likely N-dealkylation sites (tertiary alicyclic amines) is 1. The average molecular weight is 347 g/mol. The first-order chi connectivity index (χ1) is 11.7. The Kier molecular flexibility index (Phi) is 4.66. The number of fused-ring (bicyclic) bond motifs is 1. The predicted molar refractivity (Wildman–Crippen MR) is 96.5 cm³/mol. The second-order valence-corrected chi connectivity index (χ2v) is 8.37. The first-order valence-electron chi connectivity index (χ1n) is 9.03. The van der Waals surface area contributed by atoms with Gasteiger partial charge in [-0.05, 0) is 51.7 Å². The summed E-state index contributed by atoms with van der Waals surface area (Å²) in [6.07, 6.45) is 3.38. The van der Waals surface area contributed by atoms with Crippen molar-refractivity contribution in [2.75, 3.05) is 27.2 Å². The van der Waals surface area contributed by atoms with E-state index in [9.17, 15) is 10.0 Å².